The van der Waals surface area contributed by atoms with Gasteiger partial charge in [-0.05, 0) is 24.7 Å². The summed E-state index contributed by atoms with van der Waals surface area (Å²) in [4.78, 5) is 7.08. The number of aromatic nitrogens is 2. The average molecular weight is 223 g/mol. The van der Waals surface area contributed by atoms with Crippen molar-refractivity contribution >= 4 is 0 Å². The molecule has 1 aromatic heterocycles. The number of nitrogens with zero attached hydrogens (tertiary/aromatic N) is 1. The third-order valence-electron chi connectivity index (χ3n) is 2.24. The van der Waals surface area contributed by atoms with Gasteiger partial charge in [0.2, 0.25) is 0 Å². The lowest BCUT2D eigenvalue weighted by Crippen LogP contribution is -2.03. The van der Waals surface area contributed by atoms with Crippen LogP contribution in [0.5, 0.6) is 0 Å². The van der Waals surface area contributed by atoms with Gasteiger partial charge < -0.3 is 10.7 Å². The fourth-order valence-corrected chi connectivity index (χ4v) is 1.44. The molecule has 1 aromatic carbocycles. The second-order valence-corrected chi connectivity index (χ2v) is 3.41. The maximum absolute atomic E-state index is 13.0. The molecule has 0 bridgehead atoms. The largest absolute Gasteiger partial charge is 0.342 e. The monoisotopic (exact) mass is 223 g/mol. The van der Waals surface area contributed by atoms with E-state index in [-0.39, 0.29) is 0 Å². The van der Waals surface area contributed by atoms with E-state index in [2.05, 4.69) is 9.97 Å². The summed E-state index contributed by atoms with van der Waals surface area (Å²) in [6, 6.07) is 3.72. The van der Waals surface area contributed by atoms with Gasteiger partial charge in [0.25, 0.3) is 0 Å². The van der Waals surface area contributed by atoms with Gasteiger partial charge in [-0.2, -0.15) is 0 Å². The highest BCUT2D eigenvalue weighted by molar-refractivity contribution is 5.58. The van der Waals surface area contributed by atoms with Crippen molar-refractivity contribution in [1.29, 1.82) is 0 Å². The number of nitrogens with one attached hydrogen (secondary N) is 1. The van der Waals surface area contributed by atoms with Crippen molar-refractivity contribution < 1.29 is 8.78 Å². The average Bonchev–Trinajstić information content (AvgIpc) is 2.71. The maximum Gasteiger partial charge on any atom is 0.159 e. The van der Waals surface area contributed by atoms with E-state index in [0.717, 1.165) is 18.0 Å². The summed E-state index contributed by atoms with van der Waals surface area (Å²) >= 11 is 0. The zero-order chi connectivity index (χ0) is 11.5. The molecule has 84 valence electrons. The Morgan fingerprint density at radius 1 is 1.25 bits per heavy atom. The van der Waals surface area contributed by atoms with Crippen LogP contribution in [0.3, 0.4) is 0 Å². The SMILES string of the molecule is NCCc1ncc(-c2ccc(F)c(F)c2)[nH]1. The molecule has 2 rings (SSSR count). The third-order valence-corrected chi connectivity index (χ3v) is 2.24. The van der Waals surface area contributed by atoms with Crippen LogP contribution in [0.1, 0.15) is 5.82 Å². The quantitative estimate of drug-likeness (QED) is 0.834. The Morgan fingerprint density at radius 2 is 2.06 bits per heavy atom. The number of H-pyrrole nitrogens is 1. The molecule has 0 aliphatic rings. The van der Waals surface area contributed by atoms with Crippen LogP contribution < -0.4 is 5.73 Å². The highest BCUT2D eigenvalue weighted by Crippen LogP contribution is 2.19. The van der Waals surface area contributed by atoms with Crippen LogP contribution in [-0.2, 0) is 6.42 Å². The standard InChI is InChI=1S/C11H11F2N3/c12-8-2-1-7(5-9(8)13)10-6-15-11(16-10)3-4-14/h1-2,5-6H,3-4,14H2,(H,15,16). The summed E-state index contributed by atoms with van der Waals surface area (Å²) in [6.07, 6.45) is 2.21. The van der Waals surface area contributed by atoms with Crippen LogP contribution in [0.4, 0.5) is 8.78 Å². The molecule has 0 saturated heterocycles. The number of rotatable bonds is 3. The van der Waals surface area contributed by atoms with Gasteiger partial charge in [0, 0.05) is 12.0 Å². The number of aromatic amines is 1. The predicted octanol–water partition coefficient (Wildman–Crippen LogP) is 1.86. The highest BCUT2D eigenvalue weighted by atomic mass is 19.2. The van der Waals surface area contributed by atoms with Gasteiger partial charge in [0.1, 0.15) is 5.82 Å². The van der Waals surface area contributed by atoms with Crippen molar-refractivity contribution in [2.24, 2.45) is 5.73 Å². The van der Waals surface area contributed by atoms with E-state index in [1.165, 1.54) is 6.07 Å². The molecule has 0 radical (unpaired) electrons. The third kappa shape index (κ3) is 2.09. The van der Waals surface area contributed by atoms with E-state index < -0.39 is 11.6 Å². The van der Waals surface area contributed by atoms with Crippen LogP contribution >= 0.6 is 0 Å². The zero-order valence-corrected chi connectivity index (χ0v) is 8.50. The Kier molecular flexibility index (Phi) is 2.96. The van der Waals surface area contributed by atoms with E-state index in [1.807, 2.05) is 0 Å². The van der Waals surface area contributed by atoms with Crippen molar-refractivity contribution in [3.63, 3.8) is 0 Å². The second-order valence-electron chi connectivity index (χ2n) is 3.41. The lowest BCUT2D eigenvalue weighted by atomic mass is 10.1. The summed E-state index contributed by atoms with van der Waals surface area (Å²) in [5.41, 5.74) is 6.60. The Labute approximate surface area is 91.3 Å². The first-order valence-electron chi connectivity index (χ1n) is 4.90. The maximum atomic E-state index is 13.0. The Balaban J connectivity index is 2.31. The number of imidazole rings is 1. The molecule has 2 aromatic rings. The van der Waals surface area contributed by atoms with Gasteiger partial charge in [0.15, 0.2) is 11.6 Å². The molecule has 5 heteroatoms. The van der Waals surface area contributed by atoms with E-state index in [0.29, 0.717) is 24.2 Å². The molecule has 0 aliphatic heterocycles. The Bertz CT molecular complexity index is 494. The molecule has 0 aliphatic carbocycles. The lowest BCUT2D eigenvalue weighted by Gasteiger charge is -1.98. The van der Waals surface area contributed by atoms with Gasteiger partial charge in [0.05, 0.1) is 11.9 Å². The van der Waals surface area contributed by atoms with Crippen molar-refractivity contribution in [3.8, 4) is 11.3 Å². The van der Waals surface area contributed by atoms with Crippen molar-refractivity contribution in [2.45, 2.75) is 6.42 Å². The summed E-state index contributed by atoms with van der Waals surface area (Å²) in [7, 11) is 0. The number of halogens is 2. The topological polar surface area (TPSA) is 54.7 Å². The lowest BCUT2D eigenvalue weighted by molar-refractivity contribution is 0.509. The molecule has 0 amide bonds. The predicted molar refractivity (Wildman–Crippen MR) is 56.7 cm³/mol. The van der Waals surface area contributed by atoms with E-state index in [1.54, 1.807) is 6.20 Å². The first-order valence-corrected chi connectivity index (χ1v) is 4.90. The second kappa shape index (κ2) is 4.40. The molecule has 0 fully saturated rings. The van der Waals surface area contributed by atoms with Gasteiger partial charge in [-0.3, -0.25) is 0 Å². The normalized spacial score (nSPS) is 10.7. The van der Waals surface area contributed by atoms with Crippen molar-refractivity contribution in [2.75, 3.05) is 6.54 Å². The highest BCUT2D eigenvalue weighted by Gasteiger charge is 2.06. The van der Waals surface area contributed by atoms with E-state index in [9.17, 15) is 8.78 Å². The molecule has 1 heterocycles. The molecular weight excluding hydrogens is 212 g/mol. The molecular formula is C11H11F2N3. The molecule has 0 atom stereocenters. The smallest absolute Gasteiger partial charge is 0.159 e. The number of benzene rings is 1. The van der Waals surface area contributed by atoms with E-state index >= 15 is 0 Å². The minimum atomic E-state index is -0.868. The zero-order valence-electron chi connectivity index (χ0n) is 8.50. The van der Waals surface area contributed by atoms with Gasteiger partial charge in [-0.1, -0.05) is 0 Å². The summed E-state index contributed by atoms with van der Waals surface area (Å²) in [6.45, 7) is 0.491. The molecule has 3 N–H and O–H groups in total. The van der Waals surface area contributed by atoms with Crippen LogP contribution in [0.2, 0.25) is 0 Å². The van der Waals surface area contributed by atoms with Crippen LogP contribution in [0, 0.1) is 11.6 Å². The summed E-state index contributed by atoms with van der Waals surface area (Å²) in [5.74, 6) is -0.986. The van der Waals surface area contributed by atoms with Gasteiger partial charge >= 0.3 is 0 Å². The summed E-state index contributed by atoms with van der Waals surface area (Å²) in [5, 5.41) is 0. The van der Waals surface area contributed by atoms with Gasteiger partial charge in [-0.15, -0.1) is 0 Å². The Morgan fingerprint density at radius 3 is 2.75 bits per heavy atom. The Hall–Kier alpha value is -1.75. The molecule has 0 saturated carbocycles. The minimum absolute atomic E-state index is 0.491. The van der Waals surface area contributed by atoms with Crippen LogP contribution in [-0.4, -0.2) is 16.5 Å². The minimum Gasteiger partial charge on any atom is -0.342 e. The first kappa shape index (κ1) is 10.8. The first-order chi connectivity index (χ1) is 7.70. The van der Waals surface area contributed by atoms with Gasteiger partial charge in [-0.25, -0.2) is 13.8 Å². The number of hydrogen-bond donors (Lipinski definition) is 2. The molecule has 3 nitrogen and oxygen atoms in total. The van der Waals surface area contributed by atoms with E-state index in [4.69, 9.17) is 5.73 Å². The van der Waals surface area contributed by atoms with Crippen LogP contribution in [0.15, 0.2) is 24.4 Å². The molecule has 0 spiro atoms. The summed E-state index contributed by atoms with van der Waals surface area (Å²) < 4.78 is 25.7. The van der Waals surface area contributed by atoms with Crippen molar-refractivity contribution in [3.05, 3.63) is 41.9 Å². The number of hydrogen-bond acceptors (Lipinski definition) is 2. The van der Waals surface area contributed by atoms with Crippen molar-refractivity contribution in [1.82, 2.24) is 9.97 Å². The molecule has 0 unspecified atom stereocenters. The molecule has 16 heavy (non-hydrogen) atoms. The fourth-order valence-electron chi connectivity index (χ4n) is 1.44. The number of nitrogens with two attached hydrogens (primary N) is 1. The van der Waals surface area contributed by atoms with Crippen LogP contribution in [0.25, 0.3) is 11.3 Å². The fraction of sp³-hybridized carbons (Fsp3) is 0.182.